The van der Waals surface area contributed by atoms with Gasteiger partial charge in [-0.15, -0.1) is 0 Å². The Morgan fingerprint density at radius 3 is 2.11 bits per heavy atom. The first-order chi connectivity index (χ1) is 8.74. The summed E-state index contributed by atoms with van der Waals surface area (Å²) in [5.74, 6) is 0. The van der Waals surface area contributed by atoms with Crippen LogP contribution in [0.2, 0.25) is 0 Å². The average Bonchev–Trinajstić information content (AvgIpc) is 2.37. The van der Waals surface area contributed by atoms with E-state index in [9.17, 15) is 0 Å². The monoisotopic (exact) mass is 231 g/mol. The van der Waals surface area contributed by atoms with Gasteiger partial charge in [0.1, 0.15) is 0 Å². The van der Waals surface area contributed by atoms with Crippen LogP contribution >= 0.6 is 0 Å². The molecule has 0 radical (unpaired) electrons. The van der Waals surface area contributed by atoms with Crippen molar-refractivity contribution in [3.8, 4) is 0 Å². The third-order valence-corrected chi connectivity index (χ3v) is 3.78. The predicted octanol–water partition coefficient (Wildman–Crippen LogP) is 4.47. The molecule has 4 aromatic carbocycles. The van der Waals surface area contributed by atoms with Crippen molar-refractivity contribution in [1.29, 1.82) is 0 Å². The molecule has 0 saturated heterocycles. The van der Waals surface area contributed by atoms with Crippen molar-refractivity contribution in [3.63, 3.8) is 0 Å². The van der Waals surface area contributed by atoms with Crippen molar-refractivity contribution in [3.05, 3.63) is 54.1 Å². The summed E-state index contributed by atoms with van der Waals surface area (Å²) < 4.78 is 0. The van der Waals surface area contributed by atoms with Crippen LogP contribution in [0.1, 0.15) is 5.56 Å². The smallest absolute Gasteiger partial charge is 0.0394 e. The summed E-state index contributed by atoms with van der Waals surface area (Å²) in [4.78, 5) is 0. The van der Waals surface area contributed by atoms with Gasteiger partial charge in [0.05, 0.1) is 0 Å². The van der Waals surface area contributed by atoms with Crippen molar-refractivity contribution in [2.24, 2.45) is 0 Å². The van der Waals surface area contributed by atoms with E-state index in [-0.39, 0.29) is 0 Å². The van der Waals surface area contributed by atoms with Gasteiger partial charge in [-0.05, 0) is 45.5 Å². The van der Waals surface area contributed by atoms with E-state index < -0.39 is 0 Å². The molecule has 0 fully saturated rings. The highest BCUT2D eigenvalue weighted by molar-refractivity contribution is 6.25. The molecule has 0 spiro atoms. The van der Waals surface area contributed by atoms with Gasteiger partial charge in [0, 0.05) is 11.1 Å². The van der Waals surface area contributed by atoms with Crippen LogP contribution in [0, 0.1) is 6.92 Å². The van der Waals surface area contributed by atoms with Crippen LogP contribution in [0.4, 0.5) is 5.69 Å². The molecule has 0 aliphatic carbocycles. The van der Waals surface area contributed by atoms with E-state index in [1.54, 1.807) is 0 Å². The van der Waals surface area contributed by atoms with Crippen molar-refractivity contribution in [2.45, 2.75) is 6.92 Å². The summed E-state index contributed by atoms with van der Waals surface area (Å²) in [6.45, 7) is 2.14. The van der Waals surface area contributed by atoms with Gasteiger partial charge in [-0.1, -0.05) is 42.5 Å². The zero-order valence-electron chi connectivity index (χ0n) is 10.2. The summed E-state index contributed by atoms with van der Waals surface area (Å²) in [6, 6.07) is 17.3. The zero-order chi connectivity index (χ0) is 12.3. The molecule has 4 aromatic rings. The fourth-order valence-corrected chi connectivity index (χ4v) is 3.00. The van der Waals surface area contributed by atoms with E-state index in [2.05, 4.69) is 49.4 Å². The summed E-state index contributed by atoms with van der Waals surface area (Å²) in [7, 11) is 0. The normalized spacial score (nSPS) is 11.8. The fourth-order valence-electron chi connectivity index (χ4n) is 3.00. The molecule has 86 valence electrons. The highest BCUT2D eigenvalue weighted by Gasteiger charge is 2.09. The molecule has 4 rings (SSSR count). The largest absolute Gasteiger partial charge is 0.398 e. The third-order valence-electron chi connectivity index (χ3n) is 3.78. The zero-order valence-corrected chi connectivity index (χ0v) is 10.2. The van der Waals surface area contributed by atoms with Gasteiger partial charge in [-0.3, -0.25) is 0 Å². The number of nitrogens with two attached hydrogens (primary N) is 1. The number of benzene rings is 4. The SMILES string of the molecule is Cc1cc2ccc3ccc(N)c4ccc(c1)c2c34. The number of hydrogen-bond acceptors (Lipinski definition) is 1. The highest BCUT2D eigenvalue weighted by atomic mass is 14.5. The van der Waals surface area contributed by atoms with Gasteiger partial charge >= 0.3 is 0 Å². The standard InChI is InChI=1S/C17H13N/c1-10-8-12-3-2-11-5-7-15(18)14-6-4-13(9-10)16(12)17(11)14/h2-9H,18H2,1H3. The summed E-state index contributed by atoms with van der Waals surface area (Å²) >= 11 is 0. The molecular formula is C17H13N. The third kappa shape index (κ3) is 1.11. The second kappa shape index (κ2) is 3.14. The minimum Gasteiger partial charge on any atom is -0.398 e. The molecule has 0 saturated carbocycles. The minimum atomic E-state index is 0.859. The molecule has 1 nitrogen and oxygen atoms in total. The van der Waals surface area contributed by atoms with Crippen molar-refractivity contribution >= 4 is 38.0 Å². The van der Waals surface area contributed by atoms with Gasteiger partial charge < -0.3 is 5.73 Å². The van der Waals surface area contributed by atoms with E-state index >= 15 is 0 Å². The topological polar surface area (TPSA) is 26.0 Å². The van der Waals surface area contributed by atoms with Crippen LogP contribution in [0.5, 0.6) is 0 Å². The minimum absolute atomic E-state index is 0.859. The van der Waals surface area contributed by atoms with Crippen LogP contribution in [-0.4, -0.2) is 0 Å². The molecular weight excluding hydrogens is 218 g/mol. The molecule has 18 heavy (non-hydrogen) atoms. The lowest BCUT2D eigenvalue weighted by Gasteiger charge is -2.12. The van der Waals surface area contributed by atoms with E-state index in [4.69, 9.17) is 5.73 Å². The lowest BCUT2D eigenvalue weighted by Crippen LogP contribution is -1.90. The number of nitrogen functional groups attached to an aromatic ring is 1. The summed E-state index contributed by atoms with van der Waals surface area (Å²) in [5, 5.41) is 7.66. The average molecular weight is 231 g/mol. The maximum atomic E-state index is 6.10. The van der Waals surface area contributed by atoms with E-state index in [1.807, 2.05) is 6.07 Å². The molecule has 0 amide bonds. The number of rotatable bonds is 0. The van der Waals surface area contributed by atoms with Crippen molar-refractivity contribution < 1.29 is 0 Å². The molecule has 0 aliphatic rings. The molecule has 0 atom stereocenters. The quantitative estimate of drug-likeness (QED) is 0.350. The Bertz CT molecular complexity index is 871. The number of aryl methyl sites for hydroxylation is 1. The molecule has 0 aliphatic heterocycles. The van der Waals surface area contributed by atoms with E-state index in [0.717, 1.165) is 11.1 Å². The van der Waals surface area contributed by atoms with E-state index in [1.165, 1.54) is 32.5 Å². The fraction of sp³-hybridized carbons (Fsp3) is 0.0588. The second-order valence-corrected chi connectivity index (χ2v) is 5.02. The van der Waals surface area contributed by atoms with Crippen molar-refractivity contribution in [2.75, 3.05) is 5.73 Å². The Kier molecular flexibility index (Phi) is 1.69. The second-order valence-electron chi connectivity index (χ2n) is 5.02. The van der Waals surface area contributed by atoms with Gasteiger partial charge in [0.25, 0.3) is 0 Å². The Labute approximate surface area is 105 Å². The number of anilines is 1. The molecule has 0 unspecified atom stereocenters. The Morgan fingerprint density at radius 1 is 0.722 bits per heavy atom. The van der Waals surface area contributed by atoms with Crippen LogP contribution < -0.4 is 5.73 Å². The van der Waals surface area contributed by atoms with Crippen LogP contribution in [0.25, 0.3) is 32.3 Å². The predicted molar refractivity (Wildman–Crippen MR) is 79.3 cm³/mol. The first-order valence-corrected chi connectivity index (χ1v) is 6.18. The molecule has 0 heterocycles. The van der Waals surface area contributed by atoms with Gasteiger partial charge in [0.2, 0.25) is 0 Å². The maximum Gasteiger partial charge on any atom is 0.0394 e. The Balaban J connectivity index is 2.44. The molecule has 2 N–H and O–H groups in total. The maximum absolute atomic E-state index is 6.10. The van der Waals surface area contributed by atoms with Gasteiger partial charge in [-0.2, -0.15) is 0 Å². The number of hydrogen-bond donors (Lipinski definition) is 1. The van der Waals surface area contributed by atoms with Gasteiger partial charge in [-0.25, -0.2) is 0 Å². The Morgan fingerprint density at radius 2 is 1.33 bits per heavy atom. The van der Waals surface area contributed by atoms with Crippen LogP contribution in [0.15, 0.2) is 48.5 Å². The van der Waals surface area contributed by atoms with Gasteiger partial charge in [0.15, 0.2) is 0 Å². The molecule has 0 bridgehead atoms. The summed E-state index contributed by atoms with van der Waals surface area (Å²) in [6.07, 6.45) is 0. The summed E-state index contributed by atoms with van der Waals surface area (Å²) in [5.41, 5.74) is 8.25. The lowest BCUT2D eigenvalue weighted by atomic mass is 9.92. The van der Waals surface area contributed by atoms with E-state index in [0.29, 0.717) is 0 Å². The van der Waals surface area contributed by atoms with Crippen LogP contribution in [-0.2, 0) is 0 Å². The first-order valence-electron chi connectivity index (χ1n) is 6.18. The van der Waals surface area contributed by atoms with Crippen LogP contribution in [0.3, 0.4) is 0 Å². The van der Waals surface area contributed by atoms with Crippen molar-refractivity contribution in [1.82, 2.24) is 0 Å². The first kappa shape index (κ1) is 9.72. The Hall–Kier alpha value is -2.28. The molecule has 0 aromatic heterocycles. The lowest BCUT2D eigenvalue weighted by molar-refractivity contribution is 1.52. The highest BCUT2D eigenvalue weighted by Crippen LogP contribution is 2.37. The molecule has 1 heteroatoms.